The molecule has 0 amide bonds. The number of nitrogens with one attached hydrogen (secondary N) is 1. The van der Waals surface area contributed by atoms with Crippen LogP contribution in [0, 0.1) is 16.0 Å². The number of nitro groups is 1. The molecule has 2 rings (SSSR count). The van der Waals surface area contributed by atoms with Crippen LogP contribution < -0.4 is 11.3 Å². The Kier molecular flexibility index (Phi) is 14.1. The molecule has 168 valence electrons. The lowest BCUT2D eigenvalue weighted by Gasteiger charge is -2.25. The van der Waals surface area contributed by atoms with Gasteiger partial charge in [-0.1, -0.05) is 48.6 Å². The lowest BCUT2D eigenvalue weighted by Crippen LogP contribution is -2.44. The van der Waals surface area contributed by atoms with Crippen molar-refractivity contribution in [2.24, 2.45) is 11.8 Å². The Balaban J connectivity index is 0. The van der Waals surface area contributed by atoms with Gasteiger partial charge in [0.05, 0.1) is 0 Å². The molecular weight excluding hydrogens is 476 g/mol. The van der Waals surface area contributed by atoms with Crippen LogP contribution in [0.1, 0.15) is 38.1 Å². The van der Waals surface area contributed by atoms with Gasteiger partial charge >= 0.3 is 5.00 Å². The molecule has 0 fully saturated rings. The van der Waals surface area contributed by atoms with E-state index in [1.54, 1.807) is 24.3 Å². The third kappa shape index (κ3) is 10.0. The molecule has 1 aromatic carbocycles. The standard InChI is InChI=1S/C8H7Cl2NO3.C7H5ClO.C4H12N2.ClH/c1-5-3-2-4-6(7(9)12)8(5,10)11(13)14;8-7(9)6-4-2-1-3-5-6;1-4(2,3)6-5;/h2-4,6H,1H3;1-5H;6H,5H2,1-3H3;1H. The van der Waals surface area contributed by atoms with Gasteiger partial charge in [0.25, 0.3) is 5.24 Å². The van der Waals surface area contributed by atoms with Crippen molar-refractivity contribution in [2.75, 3.05) is 0 Å². The molecule has 0 heterocycles. The lowest BCUT2D eigenvalue weighted by molar-refractivity contribution is -0.535. The average molecular weight is 501 g/mol. The molecule has 1 aromatic rings. The number of rotatable bonds is 3. The van der Waals surface area contributed by atoms with Gasteiger partial charge in [-0.3, -0.25) is 31.0 Å². The second-order valence-corrected chi connectivity index (χ2v) is 8.27. The van der Waals surface area contributed by atoms with Crippen LogP contribution in [-0.4, -0.2) is 25.9 Å². The summed E-state index contributed by atoms with van der Waals surface area (Å²) in [4.78, 5) is 29.5. The molecule has 2 atom stereocenters. The third-order valence-corrected chi connectivity index (χ3v) is 4.68. The van der Waals surface area contributed by atoms with Gasteiger partial charge in [0.2, 0.25) is 5.24 Å². The molecule has 2 unspecified atom stereocenters. The number of hydrogen-bond acceptors (Lipinski definition) is 6. The van der Waals surface area contributed by atoms with Gasteiger partial charge in [-0.15, -0.1) is 12.4 Å². The summed E-state index contributed by atoms with van der Waals surface area (Å²) in [6, 6.07) is 8.74. The third-order valence-electron chi connectivity index (χ3n) is 3.56. The molecule has 0 aromatic heterocycles. The number of hydrazine groups is 1. The van der Waals surface area contributed by atoms with Crippen molar-refractivity contribution >= 4 is 57.7 Å². The van der Waals surface area contributed by atoms with E-state index in [9.17, 15) is 19.7 Å². The summed E-state index contributed by atoms with van der Waals surface area (Å²) in [6.07, 6.45) is 4.36. The average Bonchev–Trinajstić information content (AvgIpc) is 2.64. The first kappa shape index (κ1) is 30.7. The maximum Gasteiger partial charge on any atom is 0.330 e. The Bertz CT molecular complexity index is 780. The monoisotopic (exact) mass is 499 g/mol. The molecule has 0 bridgehead atoms. The van der Waals surface area contributed by atoms with Crippen LogP contribution >= 0.6 is 47.2 Å². The Morgan fingerprint density at radius 3 is 1.93 bits per heavy atom. The molecule has 0 aliphatic heterocycles. The van der Waals surface area contributed by atoms with Crippen molar-refractivity contribution in [3.63, 3.8) is 0 Å². The Hall–Kier alpha value is -1.48. The number of carbonyl (C=O) groups excluding carboxylic acids is 2. The minimum atomic E-state index is -1.94. The Morgan fingerprint density at radius 1 is 1.20 bits per heavy atom. The summed E-state index contributed by atoms with van der Waals surface area (Å²) in [7, 11) is 0. The minimum Gasteiger partial charge on any atom is -0.280 e. The largest absolute Gasteiger partial charge is 0.330 e. The first-order valence-corrected chi connectivity index (χ1v) is 9.51. The van der Waals surface area contributed by atoms with Crippen LogP contribution in [0.3, 0.4) is 0 Å². The summed E-state index contributed by atoms with van der Waals surface area (Å²) in [5.41, 5.74) is 3.51. The van der Waals surface area contributed by atoms with Gasteiger partial charge in [-0.25, -0.2) is 0 Å². The van der Waals surface area contributed by atoms with Crippen molar-refractivity contribution < 1.29 is 14.5 Å². The number of nitrogens with zero attached hydrogens (tertiary/aromatic N) is 1. The van der Waals surface area contributed by atoms with E-state index in [-0.39, 0.29) is 17.9 Å². The van der Waals surface area contributed by atoms with E-state index < -0.39 is 26.3 Å². The predicted octanol–water partition coefficient (Wildman–Crippen LogP) is 4.83. The second kappa shape index (κ2) is 13.7. The normalized spacial score (nSPS) is 19.6. The zero-order valence-corrected chi connectivity index (χ0v) is 20.0. The fourth-order valence-electron chi connectivity index (χ4n) is 1.85. The highest BCUT2D eigenvalue weighted by Crippen LogP contribution is 2.38. The van der Waals surface area contributed by atoms with Crippen LogP contribution in [-0.2, 0) is 4.79 Å². The topological polar surface area (TPSA) is 115 Å². The van der Waals surface area contributed by atoms with E-state index in [1.165, 1.54) is 25.2 Å². The van der Waals surface area contributed by atoms with Crippen LogP contribution in [0.5, 0.6) is 0 Å². The summed E-state index contributed by atoms with van der Waals surface area (Å²) < 4.78 is 0. The SMILES string of the molecule is CC(C)(C)NN.CC1=CC=CC(C(=O)Cl)C1(Cl)[N+](=O)[O-].Cl.O=C(Cl)c1ccccc1. The number of hydrogen-bond donors (Lipinski definition) is 2. The van der Waals surface area contributed by atoms with Crippen molar-refractivity contribution in [1.82, 2.24) is 5.43 Å². The van der Waals surface area contributed by atoms with Crippen molar-refractivity contribution in [3.8, 4) is 0 Å². The first-order valence-electron chi connectivity index (χ1n) is 8.38. The number of carbonyl (C=O) groups is 2. The van der Waals surface area contributed by atoms with Gasteiger partial charge in [0, 0.05) is 21.6 Å². The molecule has 0 saturated carbocycles. The molecule has 11 heteroatoms. The lowest BCUT2D eigenvalue weighted by atomic mass is 9.90. The first-order chi connectivity index (χ1) is 13.3. The van der Waals surface area contributed by atoms with Crippen LogP contribution in [0.25, 0.3) is 0 Å². The Labute approximate surface area is 197 Å². The molecule has 0 saturated heterocycles. The van der Waals surface area contributed by atoms with Gasteiger partial charge < -0.3 is 0 Å². The van der Waals surface area contributed by atoms with Crippen molar-refractivity contribution in [2.45, 2.75) is 38.2 Å². The van der Waals surface area contributed by atoms with Gasteiger partial charge in [0.15, 0.2) is 0 Å². The molecular formula is C19H25Cl4N3O4. The summed E-state index contributed by atoms with van der Waals surface area (Å²) >= 11 is 16.2. The maximum absolute atomic E-state index is 11.0. The summed E-state index contributed by atoms with van der Waals surface area (Å²) in [5.74, 6) is 3.94. The van der Waals surface area contributed by atoms with E-state index in [2.05, 4.69) is 5.43 Å². The fraction of sp³-hybridized carbons (Fsp3) is 0.368. The molecule has 0 radical (unpaired) electrons. The molecule has 7 nitrogen and oxygen atoms in total. The molecule has 1 aliphatic carbocycles. The van der Waals surface area contributed by atoms with Crippen molar-refractivity contribution in [1.29, 1.82) is 0 Å². The smallest absolute Gasteiger partial charge is 0.280 e. The molecule has 0 spiro atoms. The van der Waals surface area contributed by atoms with Gasteiger partial charge in [-0.2, -0.15) is 0 Å². The van der Waals surface area contributed by atoms with Crippen LogP contribution in [0.2, 0.25) is 0 Å². The zero-order valence-electron chi connectivity index (χ0n) is 16.9. The zero-order chi connectivity index (χ0) is 22.8. The highest BCUT2D eigenvalue weighted by atomic mass is 35.5. The van der Waals surface area contributed by atoms with Crippen molar-refractivity contribution in [3.05, 3.63) is 69.8 Å². The molecule has 1 aliphatic rings. The van der Waals surface area contributed by atoms with E-state index in [4.69, 9.17) is 40.6 Å². The number of nitrogens with two attached hydrogens (primary N) is 1. The number of halogens is 4. The van der Waals surface area contributed by atoms with E-state index >= 15 is 0 Å². The van der Waals surface area contributed by atoms with Crippen LogP contribution in [0.15, 0.2) is 54.1 Å². The van der Waals surface area contributed by atoms with E-state index in [0.717, 1.165) is 0 Å². The summed E-state index contributed by atoms with van der Waals surface area (Å²) in [6.45, 7) is 7.51. The fourth-order valence-corrected chi connectivity index (χ4v) is 2.50. The van der Waals surface area contributed by atoms with E-state index in [0.29, 0.717) is 11.1 Å². The highest BCUT2D eigenvalue weighted by Gasteiger charge is 2.53. The second-order valence-electron chi connectivity index (χ2n) is 6.98. The van der Waals surface area contributed by atoms with Gasteiger partial charge in [-0.05, 0) is 62.5 Å². The number of benzene rings is 1. The summed E-state index contributed by atoms with van der Waals surface area (Å²) in [5, 5.41) is 9.55. The van der Waals surface area contributed by atoms with E-state index in [1.807, 2.05) is 26.8 Å². The quantitative estimate of drug-likeness (QED) is 0.153. The highest BCUT2D eigenvalue weighted by molar-refractivity contribution is 6.67. The minimum absolute atomic E-state index is 0. The molecule has 30 heavy (non-hydrogen) atoms. The number of alkyl halides is 1. The Morgan fingerprint density at radius 2 is 1.67 bits per heavy atom. The van der Waals surface area contributed by atoms with Gasteiger partial charge in [0.1, 0.15) is 5.92 Å². The predicted molar refractivity (Wildman–Crippen MR) is 124 cm³/mol. The number of allylic oxidation sites excluding steroid dienone is 2. The molecule has 3 N–H and O–H groups in total. The van der Waals surface area contributed by atoms with Crippen LogP contribution in [0.4, 0.5) is 0 Å². The maximum atomic E-state index is 11.0.